The van der Waals surface area contributed by atoms with Crippen molar-refractivity contribution in [3.05, 3.63) is 60.8 Å². The molecule has 21 heteroatoms. The molecule has 0 radical (unpaired) electrons. The molecule has 0 aromatic heterocycles. The van der Waals surface area contributed by atoms with E-state index >= 15 is 0 Å². The Morgan fingerprint density at radius 2 is 0.677 bits per heavy atom. The van der Waals surface area contributed by atoms with Crippen molar-refractivity contribution in [2.24, 2.45) is 0 Å². The predicted octanol–water partition coefficient (Wildman–Crippen LogP) is -0.856. The van der Waals surface area contributed by atoms with E-state index in [1.807, 2.05) is 0 Å². The molecular weight excluding hydrogens is 828 g/mol. The van der Waals surface area contributed by atoms with Crippen molar-refractivity contribution in [3.8, 4) is 0 Å². The Bertz CT molecular complexity index is 1440. The lowest BCUT2D eigenvalue weighted by Crippen LogP contribution is -2.54. The van der Waals surface area contributed by atoms with Gasteiger partial charge in [0.25, 0.3) is 0 Å². The highest BCUT2D eigenvalue weighted by atomic mass is 16.6. The van der Waals surface area contributed by atoms with E-state index < -0.39 is 157 Å². The van der Waals surface area contributed by atoms with Crippen molar-refractivity contribution < 1.29 is 102 Å². The number of esters is 5. The summed E-state index contributed by atoms with van der Waals surface area (Å²) in [6, 6.07) is 0. The lowest BCUT2D eigenvalue weighted by molar-refractivity contribution is -0.209. The first-order chi connectivity index (χ1) is 29.6. The summed E-state index contributed by atoms with van der Waals surface area (Å²) in [5.74, 6) is -3.85. The molecule has 0 fully saturated rings. The van der Waals surface area contributed by atoms with Crippen molar-refractivity contribution in [1.82, 2.24) is 0 Å². The monoisotopic (exact) mass is 890 g/mol. The highest BCUT2D eigenvalue weighted by molar-refractivity contribution is 5.83. The van der Waals surface area contributed by atoms with Crippen LogP contribution in [0.4, 0.5) is 0 Å². The third-order valence-corrected chi connectivity index (χ3v) is 7.29. The Hall–Kier alpha value is -4.68. The van der Waals surface area contributed by atoms with E-state index in [9.17, 15) is 54.3 Å². The maximum absolute atomic E-state index is 12.8. The van der Waals surface area contributed by atoms with E-state index in [-0.39, 0.29) is 6.29 Å². The molecule has 0 aliphatic rings. The number of carbonyl (C=O) groups excluding carboxylic acids is 6. The third-order valence-electron chi connectivity index (χ3n) is 7.29. The molecule has 0 saturated heterocycles. The second kappa shape index (κ2) is 35.9. The molecule has 0 aromatic rings. The van der Waals surface area contributed by atoms with Crippen molar-refractivity contribution >= 4 is 36.1 Å². The van der Waals surface area contributed by atoms with Crippen LogP contribution in [0.1, 0.15) is 34.6 Å². The zero-order valence-corrected chi connectivity index (χ0v) is 35.6. The van der Waals surface area contributed by atoms with Crippen LogP contribution in [0.5, 0.6) is 0 Å². The summed E-state index contributed by atoms with van der Waals surface area (Å²) < 4.78 is 54.2. The molecule has 352 valence electrons. The van der Waals surface area contributed by atoms with Crippen molar-refractivity contribution in [3.63, 3.8) is 0 Å². The highest BCUT2D eigenvalue weighted by Gasteiger charge is 2.40. The van der Waals surface area contributed by atoms with E-state index in [1.54, 1.807) is 34.6 Å². The van der Waals surface area contributed by atoms with Crippen LogP contribution in [0.3, 0.4) is 0 Å². The SMILES string of the molecule is CC=CC(=O)OCC(O)COC[C@@H](OCC(O)COC(=O)C=CC)[C@@H](OCC(O)COC(=O)C=CC)[C@H](OCC(O)COC(=O)C=CC)[C@@H](C=O)OCC(O)COC(=O)C=CC. The maximum atomic E-state index is 12.8. The topological polar surface area (TPSA) is 296 Å². The first-order valence-corrected chi connectivity index (χ1v) is 19.5. The second-order valence-electron chi connectivity index (χ2n) is 12.9. The van der Waals surface area contributed by atoms with Gasteiger partial charge in [-0.25, -0.2) is 24.0 Å². The molecule has 0 saturated carbocycles. The number of hydrogen-bond acceptors (Lipinski definition) is 21. The van der Waals surface area contributed by atoms with Gasteiger partial charge in [-0.2, -0.15) is 0 Å². The molecule has 0 bridgehead atoms. The first-order valence-electron chi connectivity index (χ1n) is 19.5. The summed E-state index contributed by atoms with van der Waals surface area (Å²) >= 11 is 0. The van der Waals surface area contributed by atoms with Crippen LogP contribution >= 0.6 is 0 Å². The van der Waals surface area contributed by atoms with Gasteiger partial charge in [-0.05, 0) is 34.6 Å². The average molecular weight is 891 g/mol. The summed E-state index contributed by atoms with van der Waals surface area (Å²) in [6.07, 6.45) is -1.14. The lowest BCUT2D eigenvalue weighted by atomic mass is 10.0. The molecular formula is C41H62O21. The van der Waals surface area contributed by atoms with E-state index in [1.165, 1.54) is 30.4 Å². The molecule has 62 heavy (non-hydrogen) atoms. The molecule has 0 aliphatic heterocycles. The summed E-state index contributed by atoms with van der Waals surface area (Å²) in [7, 11) is 0. The number of carbonyl (C=O) groups is 6. The van der Waals surface area contributed by atoms with Gasteiger partial charge in [-0.3, -0.25) is 0 Å². The van der Waals surface area contributed by atoms with Crippen molar-refractivity contribution in [2.45, 2.75) is 89.6 Å². The predicted molar refractivity (Wildman–Crippen MR) is 215 cm³/mol. The van der Waals surface area contributed by atoms with Crippen LogP contribution in [0.25, 0.3) is 0 Å². The summed E-state index contributed by atoms with van der Waals surface area (Å²) in [6.45, 7) is 1.43. The minimum absolute atomic E-state index is 0.240. The van der Waals surface area contributed by atoms with Crippen LogP contribution in [-0.2, 0) is 76.1 Å². The average Bonchev–Trinajstić information content (AvgIpc) is 3.23. The van der Waals surface area contributed by atoms with Crippen molar-refractivity contribution in [2.75, 3.05) is 72.7 Å². The van der Waals surface area contributed by atoms with Gasteiger partial charge in [0.15, 0.2) is 6.29 Å². The molecule has 9 atom stereocenters. The van der Waals surface area contributed by atoms with Crippen LogP contribution in [0.2, 0.25) is 0 Å². The minimum atomic E-state index is -1.74. The normalized spacial score (nSPS) is 16.4. The van der Waals surface area contributed by atoms with Crippen LogP contribution < -0.4 is 0 Å². The van der Waals surface area contributed by atoms with Crippen molar-refractivity contribution in [1.29, 1.82) is 0 Å². The molecule has 5 unspecified atom stereocenters. The van der Waals surface area contributed by atoms with Gasteiger partial charge in [0.1, 0.15) is 88.0 Å². The largest absolute Gasteiger partial charge is 0.460 e. The molecule has 0 rings (SSSR count). The van der Waals surface area contributed by atoms with Gasteiger partial charge >= 0.3 is 29.8 Å². The number of aliphatic hydroxyl groups is 5. The number of allylic oxidation sites excluding steroid dienone is 5. The maximum Gasteiger partial charge on any atom is 0.330 e. The van der Waals surface area contributed by atoms with Gasteiger partial charge in [-0.15, -0.1) is 0 Å². The van der Waals surface area contributed by atoms with E-state index in [4.69, 9.17) is 47.4 Å². The molecule has 0 spiro atoms. The number of hydrogen-bond donors (Lipinski definition) is 5. The zero-order valence-electron chi connectivity index (χ0n) is 35.6. The van der Waals surface area contributed by atoms with Gasteiger partial charge < -0.3 is 77.7 Å². The van der Waals surface area contributed by atoms with Gasteiger partial charge in [0, 0.05) is 30.4 Å². The fraction of sp³-hybridized carbons (Fsp3) is 0.610. The molecule has 21 nitrogen and oxygen atoms in total. The number of aldehydes is 1. The Kier molecular flexibility index (Phi) is 33.2. The Balaban J connectivity index is 6.96. The molecule has 0 aromatic carbocycles. The smallest absolute Gasteiger partial charge is 0.330 e. The number of aliphatic hydroxyl groups excluding tert-OH is 5. The Morgan fingerprint density at radius 3 is 1.00 bits per heavy atom. The lowest BCUT2D eigenvalue weighted by Gasteiger charge is -2.37. The Morgan fingerprint density at radius 1 is 0.387 bits per heavy atom. The van der Waals surface area contributed by atoms with Gasteiger partial charge in [0.05, 0.1) is 39.6 Å². The standard InChI is InChI=1S/C41H62O21/c1-6-11-35(48)56-20-28(43)17-53-27-34(55-19-30(45)22-58-37(50)13-8-3)41(62-26-32(47)24-60-39(52)15-10-5)40(61-25-31(46)23-59-38(51)14-9-4)33(16-42)54-18-29(44)21-57-36(49)12-7-2/h6-16,28-34,40-41,43-47H,17-27H2,1-5H3/t28?,29?,30?,31?,32?,33-,34-,40-,41-/m1/s1. The first kappa shape index (κ1) is 57.3. The zero-order chi connectivity index (χ0) is 46.7. The summed E-state index contributed by atoms with van der Waals surface area (Å²) in [5, 5.41) is 53.2. The van der Waals surface area contributed by atoms with E-state index in [0.29, 0.717) is 0 Å². The quantitative estimate of drug-likeness (QED) is 0.0224. The molecule has 0 amide bonds. The van der Waals surface area contributed by atoms with E-state index in [0.717, 1.165) is 30.4 Å². The van der Waals surface area contributed by atoms with Crippen LogP contribution in [0.15, 0.2) is 60.8 Å². The highest BCUT2D eigenvalue weighted by Crippen LogP contribution is 2.20. The third kappa shape index (κ3) is 28.8. The van der Waals surface area contributed by atoms with Gasteiger partial charge in [-0.1, -0.05) is 30.4 Å². The van der Waals surface area contributed by atoms with Crippen LogP contribution in [0, 0.1) is 0 Å². The fourth-order valence-corrected chi connectivity index (χ4v) is 4.51. The molecule has 0 heterocycles. The summed E-state index contributed by atoms with van der Waals surface area (Å²) in [5.41, 5.74) is 0. The molecule has 0 aliphatic carbocycles. The molecule has 5 N–H and O–H groups in total. The number of ether oxygens (including phenoxy) is 10. The Labute approximate surface area is 360 Å². The number of rotatable bonds is 35. The summed E-state index contributed by atoms with van der Waals surface area (Å²) in [4.78, 5) is 72.0. The minimum Gasteiger partial charge on any atom is -0.460 e. The van der Waals surface area contributed by atoms with Gasteiger partial charge in [0.2, 0.25) is 0 Å². The second-order valence-corrected chi connectivity index (χ2v) is 12.9. The van der Waals surface area contributed by atoms with E-state index in [2.05, 4.69) is 0 Å². The van der Waals surface area contributed by atoms with Crippen LogP contribution in [-0.4, -0.2) is 189 Å². The fourth-order valence-electron chi connectivity index (χ4n) is 4.51.